The quantitative estimate of drug-likeness (QED) is 0.340. The van der Waals surface area contributed by atoms with Gasteiger partial charge in [0.1, 0.15) is 0 Å². The van der Waals surface area contributed by atoms with Crippen molar-refractivity contribution < 1.29 is 9.59 Å². The summed E-state index contributed by atoms with van der Waals surface area (Å²) in [5.74, 6) is 0.117. The third-order valence-electron chi connectivity index (χ3n) is 8.65. The molecule has 2 aliphatic heterocycles. The zero-order chi connectivity index (χ0) is 29.6. The SMILES string of the molecule is Cc1ccc(Cl)cc1N1CCN(C(=O)CN2c3ccccc3NC3=C(C(=O)CC(C)(C)C3)C2c2ccccc2Cl)CC1. The average molecular weight is 604 g/mol. The first-order chi connectivity index (χ1) is 20.1. The van der Waals surface area contributed by atoms with E-state index in [1.54, 1.807) is 0 Å². The minimum absolute atomic E-state index is 0.0250. The molecule has 6 nitrogen and oxygen atoms in total. The fourth-order valence-electron chi connectivity index (χ4n) is 6.61. The minimum atomic E-state index is -0.493. The molecule has 0 saturated carbocycles. The molecule has 2 heterocycles. The molecule has 1 saturated heterocycles. The van der Waals surface area contributed by atoms with Crippen LogP contribution in [0.2, 0.25) is 10.0 Å². The molecule has 0 bridgehead atoms. The molecule has 3 aliphatic rings. The fraction of sp³-hybridized carbons (Fsp3) is 0.353. The Bertz CT molecular complexity index is 1580. The van der Waals surface area contributed by atoms with Crippen LogP contribution in [0.3, 0.4) is 0 Å². The highest BCUT2D eigenvalue weighted by atomic mass is 35.5. The van der Waals surface area contributed by atoms with Crippen LogP contribution in [0.5, 0.6) is 0 Å². The lowest BCUT2D eigenvalue weighted by molar-refractivity contribution is -0.130. The number of carbonyl (C=O) groups excluding carboxylic acids is 2. The highest BCUT2D eigenvalue weighted by Gasteiger charge is 2.42. The van der Waals surface area contributed by atoms with Gasteiger partial charge in [-0.3, -0.25) is 9.59 Å². The third kappa shape index (κ3) is 5.50. The molecule has 3 aromatic carbocycles. The van der Waals surface area contributed by atoms with E-state index in [1.807, 2.05) is 71.6 Å². The first-order valence-corrected chi connectivity index (χ1v) is 15.3. The van der Waals surface area contributed by atoms with E-state index in [2.05, 4.69) is 35.9 Å². The number of nitrogens with one attached hydrogen (secondary N) is 1. The largest absolute Gasteiger partial charge is 0.368 e. The third-order valence-corrected chi connectivity index (χ3v) is 9.23. The summed E-state index contributed by atoms with van der Waals surface area (Å²) in [6, 6.07) is 21.1. The van der Waals surface area contributed by atoms with Crippen LogP contribution in [-0.4, -0.2) is 49.3 Å². The number of hydrogen-bond acceptors (Lipinski definition) is 5. The van der Waals surface area contributed by atoms with Crippen LogP contribution in [0.1, 0.15) is 43.9 Å². The Balaban J connectivity index is 1.35. The highest BCUT2D eigenvalue weighted by molar-refractivity contribution is 6.31. The Kier molecular flexibility index (Phi) is 7.71. The van der Waals surface area contributed by atoms with Crippen molar-refractivity contribution in [3.63, 3.8) is 0 Å². The van der Waals surface area contributed by atoms with Gasteiger partial charge in [-0.15, -0.1) is 0 Å². The monoisotopic (exact) mass is 602 g/mol. The number of fused-ring (bicyclic) bond motifs is 1. The van der Waals surface area contributed by atoms with Gasteiger partial charge in [0.2, 0.25) is 5.91 Å². The topological polar surface area (TPSA) is 55.9 Å². The van der Waals surface area contributed by atoms with E-state index < -0.39 is 6.04 Å². The Labute approximate surface area is 257 Å². The van der Waals surface area contributed by atoms with Crippen molar-refractivity contribution in [2.24, 2.45) is 5.41 Å². The molecule has 0 aromatic heterocycles. The Morgan fingerprint density at radius 3 is 2.40 bits per heavy atom. The molecule has 1 unspecified atom stereocenters. The van der Waals surface area contributed by atoms with Gasteiger partial charge in [-0.2, -0.15) is 0 Å². The van der Waals surface area contributed by atoms with Gasteiger partial charge < -0.3 is 20.0 Å². The van der Waals surface area contributed by atoms with Crippen LogP contribution in [0.4, 0.5) is 17.1 Å². The fourth-order valence-corrected chi connectivity index (χ4v) is 7.02. The molecule has 1 aliphatic carbocycles. The van der Waals surface area contributed by atoms with E-state index in [9.17, 15) is 9.59 Å². The van der Waals surface area contributed by atoms with Crippen LogP contribution in [-0.2, 0) is 9.59 Å². The molecule has 8 heteroatoms. The van der Waals surface area contributed by atoms with Gasteiger partial charge in [-0.25, -0.2) is 0 Å². The standard InChI is InChI=1S/C34H36Cl2N4O2/c1-22-12-13-23(35)18-29(22)38-14-16-39(17-15-38)31(42)21-40-28-11-7-6-10-26(28)37-27-19-34(2,3)20-30(41)32(27)33(40)24-8-4-5-9-25(24)36/h4-13,18,33,37H,14-17,19-21H2,1-3H3. The molecule has 42 heavy (non-hydrogen) atoms. The number of benzene rings is 3. The second-order valence-corrected chi connectivity index (χ2v) is 13.2. The van der Waals surface area contributed by atoms with E-state index in [4.69, 9.17) is 23.2 Å². The predicted octanol–water partition coefficient (Wildman–Crippen LogP) is 7.27. The van der Waals surface area contributed by atoms with Crippen LogP contribution in [0.15, 0.2) is 78.0 Å². The van der Waals surface area contributed by atoms with Crippen molar-refractivity contribution in [2.75, 3.05) is 47.8 Å². The number of carbonyl (C=O) groups is 2. The first kappa shape index (κ1) is 28.6. The molecular formula is C34H36Cl2N4O2. The maximum atomic E-state index is 14.0. The normalized spacial score (nSPS) is 20.1. The molecule has 1 atom stereocenters. The molecule has 1 fully saturated rings. The summed E-state index contributed by atoms with van der Waals surface area (Å²) in [5, 5.41) is 4.90. The molecule has 0 spiro atoms. The minimum Gasteiger partial charge on any atom is -0.368 e. The number of para-hydroxylation sites is 2. The number of nitrogens with zero attached hydrogens (tertiary/aromatic N) is 3. The number of piperazine rings is 1. The van der Waals surface area contributed by atoms with E-state index >= 15 is 0 Å². The molecule has 1 N–H and O–H groups in total. The summed E-state index contributed by atoms with van der Waals surface area (Å²) in [6.45, 7) is 9.13. The van der Waals surface area contributed by atoms with Crippen molar-refractivity contribution >= 4 is 52.0 Å². The summed E-state index contributed by atoms with van der Waals surface area (Å²) < 4.78 is 0. The van der Waals surface area contributed by atoms with E-state index in [-0.39, 0.29) is 23.7 Å². The first-order valence-electron chi connectivity index (χ1n) is 14.5. The van der Waals surface area contributed by atoms with Gasteiger partial charge in [-0.05, 0) is 60.2 Å². The Hall–Kier alpha value is -3.48. The van der Waals surface area contributed by atoms with Crippen molar-refractivity contribution in [3.8, 4) is 0 Å². The van der Waals surface area contributed by atoms with Gasteiger partial charge in [0.15, 0.2) is 5.78 Å². The summed E-state index contributed by atoms with van der Waals surface area (Å²) in [7, 11) is 0. The van der Waals surface area contributed by atoms with Crippen LogP contribution < -0.4 is 15.1 Å². The predicted molar refractivity (Wildman–Crippen MR) is 172 cm³/mol. The Morgan fingerprint density at radius 1 is 0.929 bits per heavy atom. The molecular weight excluding hydrogens is 567 g/mol. The molecule has 6 rings (SSSR count). The van der Waals surface area contributed by atoms with Crippen molar-refractivity contribution in [1.82, 2.24) is 4.90 Å². The maximum Gasteiger partial charge on any atom is 0.242 e. The molecule has 1 amide bonds. The molecule has 0 radical (unpaired) electrons. The second-order valence-electron chi connectivity index (χ2n) is 12.3. The maximum absolute atomic E-state index is 14.0. The number of allylic oxidation sites excluding steroid dienone is 1. The summed E-state index contributed by atoms with van der Waals surface area (Å²) in [6.07, 6.45) is 1.17. The number of halogens is 2. The zero-order valence-corrected chi connectivity index (χ0v) is 25.8. The lowest BCUT2D eigenvalue weighted by Crippen LogP contribution is -2.52. The van der Waals surface area contributed by atoms with Crippen molar-refractivity contribution in [2.45, 2.75) is 39.7 Å². The number of hydrogen-bond donors (Lipinski definition) is 1. The van der Waals surface area contributed by atoms with Gasteiger partial charge in [0, 0.05) is 59.6 Å². The van der Waals surface area contributed by atoms with Gasteiger partial charge >= 0.3 is 0 Å². The number of amides is 1. The average Bonchev–Trinajstić information content (AvgIpc) is 3.08. The number of aryl methyl sites for hydroxylation is 1. The number of rotatable bonds is 4. The number of Topliss-reactive ketones (excluding diaryl/α,β-unsaturated/α-hetero) is 1. The van der Waals surface area contributed by atoms with E-state index in [0.29, 0.717) is 35.1 Å². The summed E-state index contributed by atoms with van der Waals surface area (Å²) in [5.41, 5.74) is 6.31. The van der Waals surface area contributed by atoms with Gasteiger partial charge in [0.25, 0.3) is 0 Å². The number of ketones is 1. The summed E-state index contributed by atoms with van der Waals surface area (Å²) in [4.78, 5) is 34.3. The smallest absolute Gasteiger partial charge is 0.242 e. The highest BCUT2D eigenvalue weighted by Crippen LogP contribution is 2.49. The van der Waals surface area contributed by atoms with E-state index in [0.717, 1.165) is 47.8 Å². The van der Waals surface area contributed by atoms with Gasteiger partial charge in [-0.1, -0.05) is 73.4 Å². The van der Waals surface area contributed by atoms with E-state index in [1.165, 1.54) is 5.56 Å². The van der Waals surface area contributed by atoms with Crippen LogP contribution in [0, 0.1) is 12.3 Å². The summed E-state index contributed by atoms with van der Waals surface area (Å²) >= 11 is 13.1. The Morgan fingerprint density at radius 2 is 1.64 bits per heavy atom. The van der Waals surface area contributed by atoms with Crippen LogP contribution in [0.25, 0.3) is 0 Å². The van der Waals surface area contributed by atoms with Crippen molar-refractivity contribution in [3.05, 3.63) is 99.2 Å². The van der Waals surface area contributed by atoms with Gasteiger partial charge in [0.05, 0.1) is 24.0 Å². The molecule has 3 aromatic rings. The zero-order valence-electron chi connectivity index (χ0n) is 24.3. The van der Waals surface area contributed by atoms with Crippen molar-refractivity contribution in [1.29, 1.82) is 0 Å². The van der Waals surface area contributed by atoms with Crippen LogP contribution >= 0.6 is 23.2 Å². The second kappa shape index (κ2) is 11.3. The lowest BCUT2D eigenvalue weighted by Gasteiger charge is -2.40. The molecule has 218 valence electrons. The lowest BCUT2D eigenvalue weighted by atomic mass is 9.73. The number of anilines is 3.